The maximum atomic E-state index is 12.9. The van der Waals surface area contributed by atoms with Gasteiger partial charge in [0, 0.05) is 5.69 Å². The summed E-state index contributed by atoms with van der Waals surface area (Å²) in [4.78, 5) is 19.8. The molecule has 0 fully saturated rings. The first-order valence-electron chi connectivity index (χ1n) is 8.90. The number of thioether (sulfide) groups is 1. The van der Waals surface area contributed by atoms with Crippen LogP contribution in [-0.2, 0) is 11.0 Å². The number of hydrogen-bond acceptors (Lipinski definition) is 9. The Balaban J connectivity index is 2.35. The number of nitrogens with zero attached hydrogens (tertiary/aromatic N) is 4. The SMILES string of the molecule is CCC(C(=O)O)N(NCNc1cccc(C(F)(F)F)c1)c1nc(N)nc(SC)c1C#N. The Hall–Kier alpha value is -3.24. The number of carbonyl (C=O) groups is 1. The van der Waals surface area contributed by atoms with Crippen molar-refractivity contribution in [2.24, 2.45) is 0 Å². The molecule has 0 spiro atoms. The second-order valence-electron chi connectivity index (χ2n) is 6.12. The fourth-order valence-electron chi connectivity index (χ4n) is 2.70. The fourth-order valence-corrected chi connectivity index (χ4v) is 3.22. The van der Waals surface area contributed by atoms with Crippen molar-refractivity contribution >= 4 is 35.2 Å². The third-order valence-corrected chi connectivity index (χ3v) is 4.80. The lowest BCUT2D eigenvalue weighted by molar-refractivity contribution is -0.139. The number of nitrogens with two attached hydrogens (primary N) is 1. The van der Waals surface area contributed by atoms with Crippen LogP contribution in [0.1, 0.15) is 24.5 Å². The summed E-state index contributed by atoms with van der Waals surface area (Å²) in [6.45, 7) is 1.47. The molecule has 1 aromatic heterocycles. The number of anilines is 3. The molecule has 166 valence electrons. The van der Waals surface area contributed by atoms with E-state index in [-0.39, 0.29) is 41.1 Å². The van der Waals surface area contributed by atoms with E-state index in [2.05, 4.69) is 20.7 Å². The normalized spacial score (nSPS) is 12.1. The first kappa shape index (κ1) is 24.0. The van der Waals surface area contributed by atoms with E-state index >= 15 is 0 Å². The minimum absolute atomic E-state index is 0.0213. The number of aromatic nitrogens is 2. The van der Waals surface area contributed by atoms with Crippen molar-refractivity contribution in [1.29, 1.82) is 5.26 Å². The summed E-state index contributed by atoms with van der Waals surface area (Å²) in [7, 11) is 0. The zero-order chi connectivity index (χ0) is 23.2. The zero-order valence-electron chi connectivity index (χ0n) is 16.6. The van der Waals surface area contributed by atoms with Gasteiger partial charge in [-0.05, 0) is 30.9 Å². The van der Waals surface area contributed by atoms with E-state index in [4.69, 9.17) is 5.73 Å². The summed E-state index contributed by atoms with van der Waals surface area (Å²) in [5, 5.41) is 23.3. The van der Waals surface area contributed by atoms with Gasteiger partial charge in [-0.15, -0.1) is 11.8 Å². The molecule has 0 aliphatic carbocycles. The zero-order valence-corrected chi connectivity index (χ0v) is 17.4. The maximum absolute atomic E-state index is 12.9. The molecule has 31 heavy (non-hydrogen) atoms. The number of aliphatic carboxylic acids is 1. The second kappa shape index (κ2) is 10.2. The third-order valence-electron chi connectivity index (χ3n) is 4.12. The van der Waals surface area contributed by atoms with Gasteiger partial charge in [-0.25, -0.2) is 15.2 Å². The summed E-state index contributed by atoms with van der Waals surface area (Å²) in [5.41, 5.74) is 7.86. The largest absolute Gasteiger partial charge is 0.480 e. The van der Waals surface area contributed by atoms with Crippen LogP contribution in [0.25, 0.3) is 0 Å². The fraction of sp³-hybridized carbons (Fsp3) is 0.333. The van der Waals surface area contributed by atoms with Crippen LogP contribution < -0.4 is 21.5 Å². The molecule has 0 saturated heterocycles. The average Bonchev–Trinajstić information content (AvgIpc) is 2.71. The number of hydrazine groups is 1. The summed E-state index contributed by atoms with van der Waals surface area (Å²) >= 11 is 1.14. The highest BCUT2D eigenvalue weighted by Crippen LogP contribution is 2.31. The summed E-state index contributed by atoms with van der Waals surface area (Å²) in [6, 6.07) is 5.36. The van der Waals surface area contributed by atoms with Crippen LogP contribution in [0.15, 0.2) is 29.3 Å². The quantitative estimate of drug-likeness (QED) is 0.193. The van der Waals surface area contributed by atoms with E-state index in [0.717, 1.165) is 28.9 Å². The van der Waals surface area contributed by atoms with Gasteiger partial charge in [0.25, 0.3) is 0 Å². The van der Waals surface area contributed by atoms with Gasteiger partial charge in [-0.2, -0.15) is 23.4 Å². The molecule has 1 heterocycles. The van der Waals surface area contributed by atoms with Crippen LogP contribution in [0.5, 0.6) is 0 Å². The number of nitriles is 1. The van der Waals surface area contributed by atoms with Crippen LogP contribution >= 0.6 is 11.8 Å². The van der Waals surface area contributed by atoms with Crippen molar-refractivity contribution in [2.45, 2.75) is 30.6 Å². The highest BCUT2D eigenvalue weighted by atomic mass is 32.2. The number of halogens is 3. The first-order valence-corrected chi connectivity index (χ1v) is 10.1. The molecule has 0 saturated carbocycles. The van der Waals surface area contributed by atoms with Crippen molar-refractivity contribution in [2.75, 3.05) is 29.0 Å². The molecule has 1 aromatic carbocycles. The molecule has 2 aromatic rings. The van der Waals surface area contributed by atoms with Crippen LogP contribution in [0.4, 0.5) is 30.6 Å². The van der Waals surface area contributed by atoms with Crippen LogP contribution in [0.2, 0.25) is 0 Å². The van der Waals surface area contributed by atoms with Crippen LogP contribution in [0.3, 0.4) is 0 Å². The molecule has 0 amide bonds. The smallest absolute Gasteiger partial charge is 0.416 e. The highest BCUT2D eigenvalue weighted by molar-refractivity contribution is 7.98. The van der Waals surface area contributed by atoms with Crippen molar-refractivity contribution in [3.05, 3.63) is 35.4 Å². The number of nitrogen functional groups attached to an aromatic ring is 1. The van der Waals surface area contributed by atoms with Gasteiger partial charge in [0.15, 0.2) is 5.82 Å². The number of carboxylic acids is 1. The van der Waals surface area contributed by atoms with Gasteiger partial charge in [-0.1, -0.05) is 13.0 Å². The summed E-state index contributed by atoms with van der Waals surface area (Å²) in [5.74, 6) is -1.39. The Morgan fingerprint density at radius 1 is 1.42 bits per heavy atom. The standard InChI is InChI=1S/C18H20F3N7O2S/c1-3-13(16(29)30)28(14-12(8-22)15(31-2)27-17(23)26-14)25-9-24-11-6-4-5-10(7-11)18(19,20)21/h4-7,13,24-25H,3,9H2,1-2H3,(H,29,30)(H2,23,26,27). The molecule has 0 bridgehead atoms. The van der Waals surface area contributed by atoms with Gasteiger partial charge in [-0.3, -0.25) is 5.01 Å². The molecule has 0 radical (unpaired) electrons. The molecular formula is C18H20F3N7O2S. The van der Waals surface area contributed by atoms with Gasteiger partial charge in [0.1, 0.15) is 22.7 Å². The van der Waals surface area contributed by atoms with Crippen molar-refractivity contribution in [3.63, 3.8) is 0 Å². The van der Waals surface area contributed by atoms with Gasteiger partial charge in [0.05, 0.1) is 12.2 Å². The van der Waals surface area contributed by atoms with Gasteiger partial charge in [0.2, 0.25) is 5.95 Å². The van der Waals surface area contributed by atoms with Gasteiger partial charge < -0.3 is 16.2 Å². The number of hydrogen-bond donors (Lipinski definition) is 4. The molecule has 9 nitrogen and oxygen atoms in total. The Labute approximate surface area is 180 Å². The summed E-state index contributed by atoms with van der Waals surface area (Å²) in [6.07, 6.45) is -2.69. The monoisotopic (exact) mass is 455 g/mol. The average molecular weight is 455 g/mol. The van der Waals surface area contributed by atoms with E-state index in [0.29, 0.717) is 0 Å². The van der Waals surface area contributed by atoms with Gasteiger partial charge >= 0.3 is 12.1 Å². The predicted molar refractivity (Wildman–Crippen MR) is 110 cm³/mol. The Bertz CT molecular complexity index is 982. The minimum Gasteiger partial charge on any atom is -0.480 e. The van der Waals surface area contributed by atoms with E-state index in [1.807, 2.05) is 6.07 Å². The van der Waals surface area contributed by atoms with Crippen molar-refractivity contribution in [3.8, 4) is 6.07 Å². The third kappa shape index (κ3) is 5.89. The lowest BCUT2D eigenvalue weighted by Gasteiger charge is -2.31. The number of carboxylic acid groups (broad SMARTS) is 1. The highest BCUT2D eigenvalue weighted by Gasteiger charge is 2.31. The van der Waals surface area contributed by atoms with E-state index in [1.165, 1.54) is 12.1 Å². The maximum Gasteiger partial charge on any atom is 0.416 e. The number of benzene rings is 1. The molecule has 5 N–H and O–H groups in total. The van der Waals surface area contributed by atoms with E-state index < -0.39 is 23.8 Å². The summed E-state index contributed by atoms with van der Waals surface area (Å²) < 4.78 is 38.7. The predicted octanol–water partition coefficient (Wildman–Crippen LogP) is 2.91. The van der Waals surface area contributed by atoms with Crippen molar-refractivity contribution in [1.82, 2.24) is 15.4 Å². The van der Waals surface area contributed by atoms with E-state index in [9.17, 15) is 28.3 Å². The number of nitrogens with one attached hydrogen (secondary N) is 2. The topological polar surface area (TPSA) is 140 Å². The molecule has 13 heteroatoms. The second-order valence-corrected chi connectivity index (χ2v) is 6.92. The molecule has 0 aliphatic heterocycles. The molecule has 1 unspecified atom stereocenters. The molecule has 0 aliphatic rings. The number of alkyl halides is 3. The molecule has 2 rings (SSSR count). The Kier molecular flexibility index (Phi) is 7.89. The molecular weight excluding hydrogens is 435 g/mol. The first-order chi connectivity index (χ1) is 14.6. The van der Waals surface area contributed by atoms with Crippen LogP contribution in [-0.4, -0.2) is 40.0 Å². The van der Waals surface area contributed by atoms with E-state index in [1.54, 1.807) is 13.2 Å². The lowest BCUT2D eigenvalue weighted by atomic mass is 10.2. The Morgan fingerprint density at radius 2 is 2.13 bits per heavy atom. The lowest BCUT2D eigenvalue weighted by Crippen LogP contribution is -2.52. The molecule has 1 atom stereocenters. The van der Waals surface area contributed by atoms with Crippen LogP contribution in [0, 0.1) is 11.3 Å². The number of rotatable bonds is 9. The Morgan fingerprint density at radius 3 is 2.68 bits per heavy atom. The van der Waals surface area contributed by atoms with Crippen molar-refractivity contribution < 1.29 is 23.1 Å². The minimum atomic E-state index is -4.50.